The predicted molar refractivity (Wildman–Crippen MR) is 255 cm³/mol. The van der Waals surface area contributed by atoms with Gasteiger partial charge in [0, 0.05) is 38.7 Å². The third-order valence-electron chi connectivity index (χ3n) is 13.4. The van der Waals surface area contributed by atoms with Crippen molar-refractivity contribution >= 4 is 133 Å². The van der Waals surface area contributed by atoms with E-state index in [4.69, 9.17) is 4.42 Å². The summed E-state index contributed by atoms with van der Waals surface area (Å²) in [6.07, 6.45) is 0. The zero-order valence-corrected chi connectivity index (χ0v) is 32.4. The van der Waals surface area contributed by atoms with Gasteiger partial charge >= 0.3 is 0 Å². The van der Waals surface area contributed by atoms with Crippen LogP contribution in [0.5, 0.6) is 0 Å². The van der Waals surface area contributed by atoms with Crippen LogP contribution in [0.25, 0.3) is 75.6 Å². The molecule has 2 aliphatic rings. The molecule has 0 atom stereocenters. The Bertz CT molecular complexity index is 3740. The van der Waals surface area contributed by atoms with E-state index < -0.39 is 0 Å². The van der Waals surface area contributed by atoms with E-state index >= 15 is 0 Å². The van der Waals surface area contributed by atoms with Crippen LogP contribution in [0.4, 0.5) is 34.3 Å². The van der Waals surface area contributed by atoms with Crippen molar-refractivity contribution < 1.29 is 4.42 Å². The van der Waals surface area contributed by atoms with E-state index in [0.717, 1.165) is 28.2 Å². The van der Waals surface area contributed by atoms with Crippen LogP contribution in [0.3, 0.4) is 0 Å². The molecule has 0 N–H and O–H groups in total. The molecule has 3 heterocycles. The maximum absolute atomic E-state index is 7.14. The van der Waals surface area contributed by atoms with Gasteiger partial charge in [-0.3, -0.25) is 4.90 Å². The molecule has 0 aliphatic carbocycles. The van der Waals surface area contributed by atoms with Crippen molar-refractivity contribution in [3.8, 4) is 0 Å². The molecule has 14 rings (SSSR count). The number of rotatable bonds is 2. The molecule has 0 bridgehead atoms. The normalized spacial score (nSPS) is 13.2. The summed E-state index contributed by atoms with van der Waals surface area (Å²) in [7, 11) is 0. The molecule has 1 aromatic heterocycles. The largest absolute Gasteiger partial charge is 0.440 e. The first-order valence-corrected chi connectivity index (χ1v) is 20.8. The minimum Gasteiger partial charge on any atom is -0.440 e. The number of fused-ring (bicyclic) bond motifs is 18. The molecule has 0 amide bonds. The molecule has 0 fully saturated rings. The number of hydrogen-bond acceptors (Lipinski definition) is 3. The van der Waals surface area contributed by atoms with Gasteiger partial charge in [-0.05, 0) is 101 Å². The molecule has 2 aliphatic heterocycles. The molecule has 0 unspecified atom stereocenters. The van der Waals surface area contributed by atoms with Gasteiger partial charge in [0.1, 0.15) is 5.58 Å². The van der Waals surface area contributed by atoms with Crippen LogP contribution >= 0.6 is 0 Å². The van der Waals surface area contributed by atoms with Crippen LogP contribution in [0.15, 0.2) is 205 Å². The molecule has 0 radical (unpaired) electrons. The highest BCUT2D eigenvalue weighted by Crippen LogP contribution is 2.51. The van der Waals surface area contributed by atoms with Crippen LogP contribution in [0.1, 0.15) is 0 Å². The highest BCUT2D eigenvalue weighted by atomic mass is 16.4. The molecule has 60 heavy (non-hydrogen) atoms. The zero-order chi connectivity index (χ0) is 39.1. The van der Waals surface area contributed by atoms with E-state index in [0.29, 0.717) is 0 Å². The Labute approximate surface area is 346 Å². The highest BCUT2D eigenvalue weighted by molar-refractivity contribution is 7.01. The number of para-hydroxylation sites is 2. The Kier molecular flexibility index (Phi) is 6.37. The summed E-state index contributed by atoms with van der Waals surface area (Å²) in [6, 6.07) is 73.7. The van der Waals surface area contributed by atoms with E-state index in [2.05, 4.69) is 210 Å². The fourth-order valence-electron chi connectivity index (χ4n) is 11.1. The van der Waals surface area contributed by atoms with E-state index in [1.807, 2.05) is 0 Å². The summed E-state index contributed by atoms with van der Waals surface area (Å²) in [5.74, 6) is 0.876. The Morgan fingerprint density at radius 1 is 0.283 bits per heavy atom. The van der Waals surface area contributed by atoms with Gasteiger partial charge in [0.05, 0.1) is 11.4 Å². The average molecular weight is 761 g/mol. The molecular formula is C56H33BN2O. The van der Waals surface area contributed by atoms with Crippen molar-refractivity contribution in [2.75, 3.05) is 9.80 Å². The lowest BCUT2D eigenvalue weighted by atomic mass is 9.33. The summed E-state index contributed by atoms with van der Waals surface area (Å²) in [5, 5.41) is 16.2. The standard InChI is InChI=1S/C56H33BN2O/c1-3-18-38-34(16-1)36-20-5-7-22-40(36)52-42(38)25-13-29-47(52)58-46-28-11-10-27-45(46)57-54-44-24-9-12-33-51(44)60-56(54)59(50-32-15-31-49(58)55(50)57)48-30-14-26-43-39-19-4-2-17-35(39)37-21-6-8-23-41(37)53(43)48/h1-33H. The molecule has 12 aromatic rings. The molecule has 4 heteroatoms. The van der Waals surface area contributed by atoms with E-state index in [1.165, 1.54) is 98.1 Å². The van der Waals surface area contributed by atoms with Crippen molar-refractivity contribution in [1.82, 2.24) is 0 Å². The van der Waals surface area contributed by atoms with Crippen molar-refractivity contribution in [2.24, 2.45) is 0 Å². The van der Waals surface area contributed by atoms with E-state index in [1.54, 1.807) is 0 Å². The quantitative estimate of drug-likeness (QED) is 0.129. The van der Waals surface area contributed by atoms with Crippen LogP contribution in [-0.4, -0.2) is 6.71 Å². The Morgan fingerprint density at radius 2 is 0.650 bits per heavy atom. The Morgan fingerprint density at radius 3 is 1.22 bits per heavy atom. The van der Waals surface area contributed by atoms with Crippen LogP contribution < -0.4 is 26.2 Å². The van der Waals surface area contributed by atoms with E-state index in [-0.39, 0.29) is 6.71 Å². The van der Waals surface area contributed by atoms with Crippen molar-refractivity contribution in [2.45, 2.75) is 0 Å². The van der Waals surface area contributed by atoms with Gasteiger partial charge < -0.3 is 9.32 Å². The van der Waals surface area contributed by atoms with E-state index in [9.17, 15) is 0 Å². The Balaban J connectivity index is 1.13. The number of hydrogen-bond donors (Lipinski definition) is 0. The lowest BCUT2D eigenvalue weighted by molar-refractivity contribution is 0.623. The van der Waals surface area contributed by atoms with Gasteiger partial charge in [-0.15, -0.1) is 0 Å². The van der Waals surface area contributed by atoms with Crippen LogP contribution in [0.2, 0.25) is 0 Å². The minimum atomic E-state index is -0.0568. The second kappa shape index (κ2) is 11.9. The minimum absolute atomic E-state index is 0.0568. The highest BCUT2D eigenvalue weighted by Gasteiger charge is 2.46. The average Bonchev–Trinajstić information content (AvgIpc) is 3.70. The maximum atomic E-state index is 7.14. The fourth-order valence-corrected chi connectivity index (χ4v) is 11.1. The smallest absolute Gasteiger partial charge is 0.257 e. The van der Waals surface area contributed by atoms with Crippen LogP contribution in [0, 0.1) is 0 Å². The molecule has 3 nitrogen and oxygen atoms in total. The lowest BCUT2D eigenvalue weighted by Crippen LogP contribution is -2.61. The van der Waals surface area contributed by atoms with Crippen molar-refractivity contribution in [3.63, 3.8) is 0 Å². The topological polar surface area (TPSA) is 19.6 Å². The summed E-state index contributed by atoms with van der Waals surface area (Å²) in [6.45, 7) is -0.0568. The van der Waals surface area contributed by atoms with Gasteiger partial charge in [0.15, 0.2) is 0 Å². The third kappa shape index (κ3) is 4.09. The molecule has 11 aromatic carbocycles. The molecular weight excluding hydrogens is 727 g/mol. The second-order valence-electron chi connectivity index (χ2n) is 16.3. The van der Waals surface area contributed by atoms with Crippen LogP contribution in [-0.2, 0) is 0 Å². The summed E-state index contributed by atoms with van der Waals surface area (Å²) >= 11 is 0. The predicted octanol–water partition coefficient (Wildman–Crippen LogP) is 13.4. The number of benzene rings is 11. The summed E-state index contributed by atoms with van der Waals surface area (Å²) in [5.41, 5.74) is 10.4. The SMILES string of the molecule is c1ccc2c(c1)B1c3c(cccc3N(c3cccc4c5ccccc5c5ccccc5c34)c3oc4ccccc4c31)N2c1cccc2c3ccccc3c3ccccc3c12. The second-order valence-corrected chi connectivity index (χ2v) is 16.3. The van der Waals surface area contributed by atoms with Gasteiger partial charge in [-0.1, -0.05) is 164 Å². The van der Waals surface area contributed by atoms with Gasteiger partial charge in [-0.25, -0.2) is 0 Å². The fraction of sp³-hybridized carbons (Fsp3) is 0. The first-order chi connectivity index (χ1) is 29.8. The zero-order valence-electron chi connectivity index (χ0n) is 32.4. The van der Waals surface area contributed by atoms with Gasteiger partial charge in [-0.2, -0.15) is 0 Å². The van der Waals surface area contributed by atoms with Crippen molar-refractivity contribution in [1.29, 1.82) is 0 Å². The number of furan rings is 1. The molecule has 0 spiro atoms. The first kappa shape index (κ1) is 32.2. The van der Waals surface area contributed by atoms with Crippen molar-refractivity contribution in [3.05, 3.63) is 200 Å². The maximum Gasteiger partial charge on any atom is 0.257 e. The lowest BCUT2D eigenvalue weighted by Gasteiger charge is -2.42. The monoisotopic (exact) mass is 760 g/mol. The summed E-state index contributed by atoms with van der Waals surface area (Å²) < 4.78 is 7.14. The van der Waals surface area contributed by atoms with Gasteiger partial charge in [0.2, 0.25) is 5.88 Å². The molecule has 0 saturated carbocycles. The summed E-state index contributed by atoms with van der Waals surface area (Å²) in [4.78, 5) is 4.98. The number of nitrogens with zero attached hydrogens (tertiary/aromatic N) is 2. The first-order valence-electron chi connectivity index (χ1n) is 20.8. The molecule has 0 saturated heterocycles. The number of anilines is 6. The molecule has 276 valence electrons. The van der Waals surface area contributed by atoms with Gasteiger partial charge in [0.25, 0.3) is 6.71 Å². The third-order valence-corrected chi connectivity index (χ3v) is 13.4. The Hall–Kier alpha value is -7.82.